The summed E-state index contributed by atoms with van der Waals surface area (Å²) >= 11 is 0. The van der Waals surface area contributed by atoms with E-state index in [2.05, 4.69) is 0 Å². The first kappa shape index (κ1) is 36.9. The van der Waals surface area contributed by atoms with E-state index >= 15 is 0 Å². The van der Waals surface area contributed by atoms with Crippen LogP contribution in [0.2, 0.25) is 0 Å². The Kier molecular flexibility index (Phi) is 22.2. The van der Waals surface area contributed by atoms with Gasteiger partial charge in [0.2, 0.25) is 0 Å². The topological polar surface area (TPSA) is 334 Å². The van der Waals surface area contributed by atoms with Crippen LogP contribution in [0.15, 0.2) is 0 Å². The average molecular weight is 476 g/mol. The third kappa shape index (κ3) is 22.2. The van der Waals surface area contributed by atoms with Gasteiger partial charge in [-0.15, -0.1) is 0 Å². The van der Waals surface area contributed by atoms with Crippen molar-refractivity contribution >= 4 is 23.9 Å². The monoisotopic (exact) mass is 476 g/mol. The van der Waals surface area contributed by atoms with E-state index in [0.29, 0.717) is 0 Å². The van der Waals surface area contributed by atoms with Crippen LogP contribution in [0.3, 0.4) is 0 Å². The third-order valence-electron chi connectivity index (χ3n) is 3.22. The summed E-state index contributed by atoms with van der Waals surface area (Å²) in [6.45, 7) is 5.33. The Balaban J connectivity index is -0.000000163. The molecule has 0 heterocycles. The summed E-state index contributed by atoms with van der Waals surface area (Å²) < 4.78 is 0. The molecule has 0 aliphatic rings. The van der Waals surface area contributed by atoms with E-state index in [1.165, 1.54) is 27.7 Å². The molecule has 0 saturated carbocycles. The summed E-state index contributed by atoms with van der Waals surface area (Å²) in [5, 5.41) is 66.2. The normalized spacial score (nSPS) is 17.4. The second-order valence-electron chi connectivity index (χ2n) is 6.42. The Morgan fingerprint density at radius 2 is 0.531 bits per heavy atom. The maximum atomic E-state index is 9.86. The fourth-order valence-corrected chi connectivity index (χ4v) is 0.825. The first-order valence-electron chi connectivity index (χ1n) is 8.87. The van der Waals surface area contributed by atoms with Crippen molar-refractivity contribution in [2.75, 3.05) is 0 Å². The second-order valence-corrected chi connectivity index (χ2v) is 6.42. The SMILES string of the molecule is C[C@H](O)[C@@H](N)C(=O)O.C[C@H](O)[C@@H](N)C(=O)O.C[C@H](O)[C@@H](N)C(=O)O.C[C@H](O)[C@@H](N)C(=O)O. The molecule has 0 aromatic heterocycles. The van der Waals surface area contributed by atoms with E-state index < -0.39 is 72.5 Å². The van der Waals surface area contributed by atoms with Crippen LogP contribution < -0.4 is 22.9 Å². The molecular weight excluding hydrogens is 440 g/mol. The summed E-state index contributed by atoms with van der Waals surface area (Å²) in [6, 6.07) is -4.63. The van der Waals surface area contributed by atoms with Crippen molar-refractivity contribution in [3.8, 4) is 0 Å². The van der Waals surface area contributed by atoms with Gasteiger partial charge < -0.3 is 63.8 Å². The first-order chi connectivity index (χ1) is 14.2. The lowest BCUT2D eigenvalue weighted by Gasteiger charge is -2.07. The maximum absolute atomic E-state index is 9.86. The Morgan fingerprint density at radius 1 is 0.438 bits per heavy atom. The molecule has 0 aromatic carbocycles. The predicted molar refractivity (Wildman–Crippen MR) is 109 cm³/mol. The highest BCUT2D eigenvalue weighted by atomic mass is 16.4. The number of aliphatic hydroxyl groups excluding tert-OH is 4. The molecule has 0 aromatic rings. The minimum Gasteiger partial charge on any atom is -0.480 e. The van der Waals surface area contributed by atoms with E-state index in [1.807, 2.05) is 0 Å². The number of rotatable bonds is 8. The molecule has 192 valence electrons. The van der Waals surface area contributed by atoms with Gasteiger partial charge in [0.15, 0.2) is 0 Å². The number of aliphatic hydroxyl groups is 4. The van der Waals surface area contributed by atoms with E-state index in [-0.39, 0.29) is 0 Å². The Morgan fingerprint density at radius 3 is 0.531 bits per heavy atom. The number of hydrogen-bond acceptors (Lipinski definition) is 12. The Hall–Kier alpha value is -2.44. The molecule has 0 unspecified atom stereocenters. The van der Waals surface area contributed by atoms with Crippen LogP contribution in [-0.2, 0) is 19.2 Å². The quantitative estimate of drug-likeness (QED) is 0.156. The molecule has 0 radical (unpaired) electrons. The van der Waals surface area contributed by atoms with Crippen molar-refractivity contribution in [3.05, 3.63) is 0 Å². The molecule has 0 amide bonds. The minimum absolute atomic E-state index is 0.979. The van der Waals surface area contributed by atoms with Gasteiger partial charge in [-0.1, -0.05) is 0 Å². The zero-order chi connectivity index (χ0) is 26.9. The van der Waals surface area contributed by atoms with Gasteiger partial charge in [0.05, 0.1) is 24.4 Å². The van der Waals surface area contributed by atoms with Crippen molar-refractivity contribution in [2.24, 2.45) is 22.9 Å². The average Bonchev–Trinajstić information content (AvgIpc) is 2.65. The lowest BCUT2D eigenvalue weighted by molar-refractivity contribution is -0.141. The van der Waals surface area contributed by atoms with Crippen LogP contribution in [-0.4, -0.2) is 113 Å². The van der Waals surface area contributed by atoms with E-state index in [1.54, 1.807) is 0 Å². The maximum Gasteiger partial charge on any atom is 0.323 e. The number of hydrogen-bond donors (Lipinski definition) is 12. The van der Waals surface area contributed by atoms with Gasteiger partial charge in [-0.25, -0.2) is 0 Å². The summed E-state index contributed by atoms with van der Waals surface area (Å²) in [6.07, 6.45) is -3.92. The summed E-state index contributed by atoms with van der Waals surface area (Å²) in [5.41, 5.74) is 19.6. The minimum atomic E-state index is -1.18. The fourth-order valence-electron chi connectivity index (χ4n) is 0.825. The fraction of sp³-hybridized carbons (Fsp3) is 0.750. The van der Waals surface area contributed by atoms with Crippen LogP contribution in [0.1, 0.15) is 27.7 Å². The largest absolute Gasteiger partial charge is 0.480 e. The van der Waals surface area contributed by atoms with Crippen LogP contribution in [0, 0.1) is 0 Å². The van der Waals surface area contributed by atoms with Crippen molar-refractivity contribution in [1.82, 2.24) is 0 Å². The van der Waals surface area contributed by atoms with Crippen molar-refractivity contribution < 1.29 is 60.0 Å². The van der Waals surface area contributed by atoms with Crippen LogP contribution in [0.4, 0.5) is 0 Å². The number of nitrogens with two attached hydrogens (primary N) is 4. The van der Waals surface area contributed by atoms with Gasteiger partial charge in [-0.3, -0.25) is 19.2 Å². The molecule has 0 saturated heterocycles. The van der Waals surface area contributed by atoms with Crippen LogP contribution in [0.25, 0.3) is 0 Å². The van der Waals surface area contributed by atoms with Gasteiger partial charge in [0.25, 0.3) is 0 Å². The number of carboxylic acid groups (broad SMARTS) is 4. The van der Waals surface area contributed by atoms with Gasteiger partial charge in [-0.2, -0.15) is 0 Å². The van der Waals surface area contributed by atoms with Gasteiger partial charge in [0.1, 0.15) is 24.2 Å². The van der Waals surface area contributed by atoms with Gasteiger partial charge >= 0.3 is 23.9 Å². The highest BCUT2D eigenvalue weighted by Gasteiger charge is 2.18. The smallest absolute Gasteiger partial charge is 0.323 e. The van der Waals surface area contributed by atoms with Crippen molar-refractivity contribution in [2.45, 2.75) is 76.3 Å². The van der Waals surface area contributed by atoms with Crippen LogP contribution in [0.5, 0.6) is 0 Å². The number of carboxylic acids is 4. The molecule has 16 N–H and O–H groups in total. The standard InChI is InChI=1S/4C4H9NO3/c4*1-2(6)3(5)4(7)8/h4*2-3,6H,5H2,1H3,(H,7,8)/t4*2-,3+/m0000/s1. The highest BCUT2D eigenvalue weighted by molar-refractivity contribution is 5.74. The van der Waals surface area contributed by atoms with E-state index in [9.17, 15) is 19.2 Å². The zero-order valence-corrected chi connectivity index (χ0v) is 18.1. The first-order valence-corrected chi connectivity index (χ1v) is 8.87. The lowest BCUT2D eigenvalue weighted by Crippen LogP contribution is -2.39. The van der Waals surface area contributed by atoms with Crippen LogP contribution >= 0.6 is 0 Å². The third-order valence-corrected chi connectivity index (χ3v) is 3.22. The lowest BCUT2D eigenvalue weighted by atomic mass is 10.2. The summed E-state index contributed by atoms with van der Waals surface area (Å²) in [7, 11) is 0. The van der Waals surface area contributed by atoms with Gasteiger partial charge in [0, 0.05) is 0 Å². The number of carbonyl (C=O) groups is 4. The molecule has 8 atom stereocenters. The molecule has 0 fully saturated rings. The molecule has 0 bridgehead atoms. The molecular formula is C16H36N4O12. The van der Waals surface area contributed by atoms with Crippen molar-refractivity contribution in [1.29, 1.82) is 0 Å². The molecule has 16 heteroatoms. The molecule has 0 rings (SSSR count). The molecule has 0 aliphatic carbocycles. The highest BCUT2D eigenvalue weighted by Crippen LogP contribution is 1.87. The second kappa shape index (κ2) is 19.3. The van der Waals surface area contributed by atoms with E-state index in [4.69, 9.17) is 63.8 Å². The summed E-state index contributed by atoms with van der Waals surface area (Å²) in [4.78, 5) is 39.4. The van der Waals surface area contributed by atoms with E-state index in [0.717, 1.165) is 0 Å². The molecule has 32 heavy (non-hydrogen) atoms. The number of aliphatic carboxylic acids is 4. The zero-order valence-electron chi connectivity index (χ0n) is 18.1. The molecule has 0 aliphatic heterocycles. The predicted octanol–water partition coefficient (Wildman–Crippen LogP) is -4.88. The van der Waals surface area contributed by atoms with Gasteiger partial charge in [-0.05, 0) is 27.7 Å². The molecule has 0 spiro atoms. The molecule has 16 nitrogen and oxygen atoms in total. The Labute approximate surface area is 184 Å². The summed E-state index contributed by atoms with van der Waals surface area (Å²) in [5.74, 6) is -4.72. The van der Waals surface area contributed by atoms with Crippen molar-refractivity contribution in [3.63, 3.8) is 0 Å². The Bertz CT molecular complexity index is 461.